The third-order valence-corrected chi connectivity index (χ3v) is 3.59. The Labute approximate surface area is 137 Å². The molecule has 0 aliphatic carbocycles. The van der Waals surface area contributed by atoms with Crippen LogP contribution in [0.1, 0.15) is 24.1 Å². The molecule has 0 unspecified atom stereocenters. The maximum absolute atomic E-state index is 12.2. The van der Waals surface area contributed by atoms with Gasteiger partial charge >= 0.3 is 12.3 Å². The van der Waals surface area contributed by atoms with Gasteiger partial charge < -0.3 is 10.1 Å². The minimum atomic E-state index is -4.59. The number of rotatable bonds is 4. The van der Waals surface area contributed by atoms with Crippen molar-refractivity contribution < 1.29 is 27.5 Å². The van der Waals surface area contributed by atoms with E-state index in [0.717, 1.165) is 16.2 Å². The molecule has 1 aliphatic heterocycles. The third-order valence-electron chi connectivity index (χ3n) is 3.59. The Hall–Kier alpha value is -2.32. The molecule has 0 saturated carbocycles. The van der Waals surface area contributed by atoms with Crippen LogP contribution in [-0.2, 0) is 16.1 Å². The van der Waals surface area contributed by atoms with Gasteiger partial charge in [0.2, 0.25) is 5.91 Å². The first kappa shape index (κ1) is 18.0. The molecular formula is C15H18F3N3O3. The Kier molecular flexibility index (Phi) is 5.63. The van der Waals surface area contributed by atoms with Gasteiger partial charge in [0.05, 0.1) is 0 Å². The number of alkyl halides is 3. The summed E-state index contributed by atoms with van der Waals surface area (Å²) in [5.41, 5.74) is 1.64. The largest absolute Gasteiger partial charge is 0.440 e. The molecule has 1 saturated heterocycles. The number of ether oxygens (including phenoxy) is 1. The van der Waals surface area contributed by atoms with Crippen molar-refractivity contribution in [3.63, 3.8) is 0 Å². The highest BCUT2D eigenvalue weighted by atomic mass is 19.4. The number of nitrogens with one attached hydrogen (secondary N) is 1. The Bertz CT molecular complexity index is 590. The number of likely N-dealkylation sites (tertiary alicyclic amines) is 1. The number of carbonyl (C=O) groups excluding carboxylic acids is 2. The average molecular weight is 345 g/mol. The minimum Gasteiger partial charge on any atom is -0.440 e. The van der Waals surface area contributed by atoms with Crippen molar-refractivity contribution in [3.05, 3.63) is 29.6 Å². The maximum atomic E-state index is 12.2. The van der Waals surface area contributed by atoms with Gasteiger partial charge in [-0.05, 0) is 31.4 Å². The second-order valence-corrected chi connectivity index (χ2v) is 5.55. The Balaban J connectivity index is 1.88. The Morgan fingerprint density at radius 3 is 2.79 bits per heavy atom. The van der Waals surface area contributed by atoms with E-state index in [4.69, 9.17) is 0 Å². The van der Waals surface area contributed by atoms with Gasteiger partial charge in [-0.15, -0.1) is 0 Å². The SMILES string of the molecule is Cc1ccc(CNC(=O)[C@H]2CCCN2C(=O)OCC(F)(F)F)cn1. The smallest absolute Gasteiger partial charge is 0.422 e. The zero-order chi connectivity index (χ0) is 17.7. The Morgan fingerprint density at radius 2 is 2.17 bits per heavy atom. The van der Waals surface area contributed by atoms with Crippen molar-refractivity contribution >= 4 is 12.0 Å². The highest BCUT2D eigenvalue weighted by Crippen LogP contribution is 2.21. The minimum absolute atomic E-state index is 0.195. The van der Waals surface area contributed by atoms with Crippen molar-refractivity contribution in [2.24, 2.45) is 0 Å². The second-order valence-electron chi connectivity index (χ2n) is 5.55. The molecule has 2 rings (SSSR count). The number of aromatic nitrogens is 1. The maximum Gasteiger partial charge on any atom is 0.422 e. The first-order chi connectivity index (χ1) is 11.3. The quantitative estimate of drug-likeness (QED) is 0.908. The number of pyridine rings is 1. The van der Waals surface area contributed by atoms with E-state index in [1.807, 2.05) is 13.0 Å². The van der Waals surface area contributed by atoms with Crippen LogP contribution in [0, 0.1) is 6.92 Å². The lowest BCUT2D eigenvalue weighted by Gasteiger charge is -2.23. The first-order valence-electron chi connectivity index (χ1n) is 7.45. The molecule has 1 aromatic heterocycles. The van der Waals surface area contributed by atoms with Gasteiger partial charge in [-0.2, -0.15) is 13.2 Å². The number of hydrogen-bond acceptors (Lipinski definition) is 4. The highest BCUT2D eigenvalue weighted by molar-refractivity contribution is 5.86. The summed E-state index contributed by atoms with van der Waals surface area (Å²) in [7, 11) is 0. The fraction of sp³-hybridized carbons (Fsp3) is 0.533. The molecule has 1 fully saturated rings. The fourth-order valence-corrected chi connectivity index (χ4v) is 2.39. The zero-order valence-corrected chi connectivity index (χ0v) is 13.1. The van der Waals surface area contributed by atoms with Crippen molar-refractivity contribution in [3.8, 4) is 0 Å². The van der Waals surface area contributed by atoms with Crippen molar-refractivity contribution in [1.29, 1.82) is 0 Å². The van der Waals surface area contributed by atoms with Gasteiger partial charge in [0, 0.05) is 25.0 Å². The molecule has 6 nitrogen and oxygen atoms in total. The number of nitrogens with zero attached hydrogens (tertiary/aromatic N) is 2. The van der Waals surface area contributed by atoms with Crippen LogP contribution in [-0.4, -0.2) is 47.3 Å². The molecule has 1 aromatic rings. The third kappa shape index (κ3) is 5.10. The molecule has 1 aliphatic rings. The summed E-state index contributed by atoms with van der Waals surface area (Å²) < 4.78 is 40.6. The summed E-state index contributed by atoms with van der Waals surface area (Å²) in [4.78, 5) is 29.1. The van der Waals surface area contributed by atoms with Crippen LogP contribution < -0.4 is 5.32 Å². The molecule has 2 heterocycles. The zero-order valence-electron chi connectivity index (χ0n) is 13.1. The lowest BCUT2D eigenvalue weighted by molar-refractivity contribution is -0.162. The van der Waals surface area contributed by atoms with E-state index in [-0.39, 0.29) is 13.1 Å². The topological polar surface area (TPSA) is 71.5 Å². The molecule has 24 heavy (non-hydrogen) atoms. The summed E-state index contributed by atoms with van der Waals surface area (Å²) >= 11 is 0. The number of amides is 2. The first-order valence-corrected chi connectivity index (χ1v) is 7.45. The summed E-state index contributed by atoms with van der Waals surface area (Å²) in [5.74, 6) is -0.419. The van der Waals surface area contributed by atoms with Gasteiger partial charge in [0.15, 0.2) is 6.61 Å². The van der Waals surface area contributed by atoms with Crippen molar-refractivity contribution in [2.75, 3.05) is 13.2 Å². The van der Waals surface area contributed by atoms with E-state index >= 15 is 0 Å². The number of hydrogen-bond donors (Lipinski definition) is 1. The van der Waals surface area contributed by atoms with E-state index in [0.29, 0.717) is 12.8 Å². The van der Waals surface area contributed by atoms with E-state index in [1.165, 1.54) is 0 Å². The second kappa shape index (κ2) is 7.50. The number of halogens is 3. The number of carbonyl (C=O) groups is 2. The summed E-state index contributed by atoms with van der Waals surface area (Å²) in [6, 6.07) is 2.80. The van der Waals surface area contributed by atoms with Crippen LogP contribution in [0.2, 0.25) is 0 Å². The molecule has 0 radical (unpaired) electrons. The molecule has 0 aromatic carbocycles. The number of aryl methyl sites for hydroxylation is 1. The molecule has 2 amide bonds. The molecule has 132 valence electrons. The van der Waals surface area contributed by atoms with Crippen molar-refractivity contribution in [2.45, 2.75) is 38.5 Å². The van der Waals surface area contributed by atoms with Gasteiger partial charge in [-0.1, -0.05) is 6.07 Å². The van der Waals surface area contributed by atoms with Gasteiger partial charge in [0.1, 0.15) is 6.04 Å². The van der Waals surface area contributed by atoms with Crippen molar-refractivity contribution in [1.82, 2.24) is 15.2 Å². The molecule has 1 atom stereocenters. The van der Waals surface area contributed by atoms with Crippen LogP contribution in [0.4, 0.5) is 18.0 Å². The van der Waals surface area contributed by atoms with Crippen LogP contribution >= 0.6 is 0 Å². The van der Waals surface area contributed by atoms with E-state index < -0.39 is 30.8 Å². The summed E-state index contributed by atoms with van der Waals surface area (Å²) in [5, 5.41) is 2.67. The Morgan fingerprint density at radius 1 is 1.42 bits per heavy atom. The molecule has 1 N–H and O–H groups in total. The molecule has 0 spiro atoms. The summed E-state index contributed by atoms with van der Waals surface area (Å²) in [6.45, 7) is 0.603. The van der Waals surface area contributed by atoms with Gasteiger partial charge in [-0.25, -0.2) is 4.79 Å². The van der Waals surface area contributed by atoms with Crippen LogP contribution in [0.25, 0.3) is 0 Å². The lowest BCUT2D eigenvalue weighted by Crippen LogP contribution is -2.46. The van der Waals surface area contributed by atoms with E-state index in [9.17, 15) is 22.8 Å². The predicted molar refractivity (Wildman–Crippen MR) is 78.0 cm³/mol. The highest BCUT2D eigenvalue weighted by Gasteiger charge is 2.37. The fourth-order valence-electron chi connectivity index (χ4n) is 2.39. The van der Waals surface area contributed by atoms with Gasteiger partial charge in [0.25, 0.3) is 0 Å². The van der Waals surface area contributed by atoms with Crippen LogP contribution in [0.5, 0.6) is 0 Å². The summed E-state index contributed by atoms with van der Waals surface area (Å²) in [6.07, 6.45) is -3.17. The lowest BCUT2D eigenvalue weighted by atomic mass is 10.2. The molecule has 9 heteroatoms. The monoisotopic (exact) mass is 345 g/mol. The standard InChI is InChI=1S/C15H18F3N3O3/c1-10-4-5-11(7-19-10)8-20-13(22)12-3-2-6-21(12)14(23)24-9-15(16,17)18/h4-5,7,12H,2-3,6,8-9H2,1H3,(H,20,22)/t12-/m1/s1. The average Bonchev–Trinajstić information content (AvgIpc) is 3.01. The van der Waals surface area contributed by atoms with E-state index in [2.05, 4.69) is 15.0 Å². The van der Waals surface area contributed by atoms with Crippen LogP contribution in [0.3, 0.4) is 0 Å². The molecule has 0 bridgehead atoms. The predicted octanol–water partition coefficient (Wildman–Crippen LogP) is 2.17. The molecular weight excluding hydrogens is 327 g/mol. The van der Waals surface area contributed by atoms with E-state index in [1.54, 1.807) is 12.3 Å². The van der Waals surface area contributed by atoms with Crippen LogP contribution in [0.15, 0.2) is 18.3 Å². The normalized spacial score (nSPS) is 17.7. The van der Waals surface area contributed by atoms with Gasteiger partial charge in [-0.3, -0.25) is 14.7 Å².